The number of urea groups is 1. The van der Waals surface area contributed by atoms with Gasteiger partial charge in [-0.25, -0.2) is 4.79 Å². The third-order valence-corrected chi connectivity index (χ3v) is 2.80. The van der Waals surface area contributed by atoms with Gasteiger partial charge in [0.1, 0.15) is 12.1 Å². The van der Waals surface area contributed by atoms with Crippen molar-refractivity contribution in [2.45, 2.75) is 38.3 Å². The van der Waals surface area contributed by atoms with Crippen LogP contribution in [-0.4, -0.2) is 46.5 Å². The van der Waals surface area contributed by atoms with E-state index in [-0.39, 0.29) is 0 Å². The van der Waals surface area contributed by atoms with Crippen molar-refractivity contribution in [2.24, 2.45) is 5.73 Å². The first-order chi connectivity index (χ1) is 7.93. The predicted octanol–water partition coefficient (Wildman–Crippen LogP) is -0.491. The molecule has 0 aromatic rings. The van der Waals surface area contributed by atoms with Crippen LogP contribution in [0.15, 0.2) is 0 Å². The molecule has 1 aliphatic heterocycles. The van der Waals surface area contributed by atoms with E-state index in [1.807, 2.05) is 0 Å². The number of nitrogens with two attached hydrogens (primary N) is 1. The van der Waals surface area contributed by atoms with Crippen molar-refractivity contribution in [3.05, 3.63) is 0 Å². The van der Waals surface area contributed by atoms with E-state index < -0.39 is 30.0 Å². The van der Waals surface area contributed by atoms with Gasteiger partial charge in [0.2, 0.25) is 5.91 Å². The van der Waals surface area contributed by atoms with E-state index in [0.29, 0.717) is 13.0 Å². The molecule has 0 radical (unpaired) electrons. The lowest BCUT2D eigenvalue weighted by Gasteiger charge is -2.34. The summed E-state index contributed by atoms with van der Waals surface area (Å²) in [6.45, 7) is 1.79. The Morgan fingerprint density at radius 2 is 2.06 bits per heavy atom. The summed E-state index contributed by atoms with van der Waals surface area (Å²) in [5.74, 6) is -1.67. The average Bonchev–Trinajstić information content (AvgIpc) is 2.28. The zero-order valence-electron chi connectivity index (χ0n) is 9.68. The molecule has 2 unspecified atom stereocenters. The molecule has 0 aliphatic carbocycles. The fourth-order valence-corrected chi connectivity index (χ4v) is 1.80. The molecule has 3 amide bonds. The summed E-state index contributed by atoms with van der Waals surface area (Å²) in [7, 11) is 0. The van der Waals surface area contributed by atoms with Gasteiger partial charge in [0.15, 0.2) is 0 Å². The number of nitrogens with one attached hydrogen (secondary N) is 1. The smallest absolute Gasteiger partial charge is 0.325 e. The van der Waals surface area contributed by atoms with Gasteiger partial charge in [-0.1, -0.05) is 0 Å². The first kappa shape index (κ1) is 13.3. The topological polar surface area (TPSA) is 113 Å². The summed E-state index contributed by atoms with van der Waals surface area (Å²) in [5.41, 5.74) is 5.21. The number of carboxylic acids is 1. The molecule has 7 heteroatoms. The molecule has 2 atom stereocenters. The zero-order valence-corrected chi connectivity index (χ0v) is 9.68. The van der Waals surface area contributed by atoms with E-state index in [4.69, 9.17) is 10.8 Å². The Balaban J connectivity index is 2.65. The maximum absolute atomic E-state index is 11.8. The van der Waals surface area contributed by atoms with E-state index in [1.54, 1.807) is 0 Å². The number of carbonyl (C=O) groups is 3. The number of carbonyl (C=O) groups excluding carboxylic acids is 2. The first-order valence-electron chi connectivity index (χ1n) is 5.52. The zero-order chi connectivity index (χ0) is 13.0. The molecule has 0 aromatic carbocycles. The van der Waals surface area contributed by atoms with Crippen LogP contribution in [0.4, 0.5) is 4.79 Å². The van der Waals surface area contributed by atoms with Crippen molar-refractivity contribution < 1.29 is 19.5 Å². The average molecular weight is 243 g/mol. The largest absolute Gasteiger partial charge is 0.480 e. The molecule has 7 nitrogen and oxygen atoms in total. The maximum Gasteiger partial charge on any atom is 0.325 e. The molecule has 1 saturated heterocycles. The van der Waals surface area contributed by atoms with Crippen LogP contribution in [-0.2, 0) is 9.59 Å². The number of carboxylic acid groups (broad SMARTS) is 1. The predicted molar refractivity (Wildman–Crippen MR) is 59.2 cm³/mol. The van der Waals surface area contributed by atoms with Crippen LogP contribution in [0.2, 0.25) is 0 Å². The number of hydrogen-bond donors (Lipinski definition) is 3. The summed E-state index contributed by atoms with van der Waals surface area (Å²) < 4.78 is 0. The fraction of sp³-hybridized carbons (Fsp3) is 0.700. The summed E-state index contributed by atoms with van der Waals surface area (Å²) >= 11 is 0. The molecular formula is C10H17N3O4. The van der Waals surface area contributed by atoms with Gasteiger partial charge in [-0.2, -0.15) is 0 Å². The summed E-state index contributed by atoms with van der Waals surface area (Å²) in [4.78, 5) is 34.9. The van der Waals surface area contributed by atoms with Crippen molar-refractivity contribution in [1.82, 2.24) is 10.2 Å². The van der Waals surface area contributed by atoms with Crippen LogP contribution >= 0.6 is 0 Å². The fourth-order valence-electron chi connectivity index (χ4n) is 1.80. The maximum atomic E-state index is 11.8. The molecule has 0 bridgehead atoms. The summed E-state index contributed by atoms with van der Waals surface area (Å²) in [6, 6.07) is -2.17. The number of aliphatic carboxylic acids is 1. The first-order valence-corrected chi connectivity index (χ1v) is 5.52. The number of likely N-dealkylation sites (tertiary alicyclic amines) is 1. The van der Waals surface area contributed by atoms with Gasteiger partial charge in [-0.05, 0) is 26.2 Å². The van der Waals surface area contributed by atoms with Gasteiger partial charge >= 0.3 is 12.0 Å². The van der Waals surface area contributed by atoms with E-state index >= 15 is 0 Å². The molecule has 1 heterocycles. The molecule has 0 aromatic heterocycles. The van der Waals surface area contributed by atoms with Gasteiger partial charge in [-0.3, -0.25) is 9.59 Å². The summed E-state index contributed by atoms with van der Waals surface area (Å²) in [5, 5.41) is 11.0. The van der Waals surface area contributed by atoms with Crippen LogP contribution in [0.5, 0.6) is 0 Å². The number of piperidine rings is 1. The number of primary amides is 1. The lowest BCUT2D eigenvalue weighted by Crippen LogP contribution is -2.55. The third-order valence-electron chi connectivity index (χ3n) is 2.80. The third kappa shape index (κ3) is 3.33. The number of nitrogens with zero attached hydrogens (tertiary/aromatic N) is 1. The number of rotatable bonds is 3. The normalized spacial score (nSPS) is 21.7. The highest BCUT2D eigenvalue weighted by Crippen LogP contribution is 2.16. The van der Waals surface area contributed by atoms with E-state index in [1.165, 1.54) is 11.8 Å². The van der Waals surface area contributed by atoms with Crippen molar-refractivity contribution in [3.63, 3.8) is 0 Å². The van der Waals surface area contributed by atoms with E-state index in [2.05, 4.69) is 5.32 Å². The molecule has 0 saturated carbocycles. The van der Waals surface area contributed by atoms with E-state index in [0.717, 1.165) is 12.8 Å². The van der Waals surface area contributed by atoms with Crippen molar-refractivity contribution in [1.29, 1.82) is 0 Å². The monoisotopic (exact) mass is 243 g/mol. The lowest BCUT2D eigenvalue weighted by atomic mass is 10.0. The van der Waals surface area contributed by atoms with Crippen LogP contribution in [0.1, 0.15) is 26.2 Å². The Bertz CT molecular complexity index is 332. The minimum atomic E-state index is -1.12. The standard InChI is InChI=1S/C10H17N3O4/c1-6(9(15)16)12-10(17)13-5-3-2-4-7(13)8(11)14/h6-7H,2-5H2,1H3,(H2,11,14)(H,12,17)(H,15,16). The van der Waals surface area contributed by atoms with Crippen molar-refractivity contribution in [2.75, 3.05) is 6.54 Å². The number of hydrogen-bond acceptors (Lipinski definition) is 3. The molecule has 0 spiro atoms. The highest BCUT2D eigenvalue weighted by Gasteiger charge is 2.31. The van der Waals surface area contributed by atoms with Crippen molar-refractivity contribution >= 4 is 17.9 Å². The van der Waals surface area contributed by atoms with Gasteiger partial charge in [-0.15, -0.1) is 0 Å². The van der Waals surface area contributed by atoms with E-state index in [9.17, 15) is 14.4 Å². The second kappa shape index (κ2) is 5.51. The molecular weight excluding hydrogens is 226 g/mol. The molecule has 4 N–H and O–H groups in total. The Hall–Kier alpha value is -1.79. The Labute approximate surface area is 98.9 Å². The van der Waals surface area contributed by atoms with Gasteiger partial charge < -0.3 is 21.1 Å². The second-order valence-corrected chi connectivity index (χ2v) is 4.12. The lowest BCUT2D eigenvalue weighted by molar-refractivity contribution is -0.138. The second-order valence-electron chi connectivity index (χ2n) is 4.12. The quantitative estimate of drug-likeness (QED) is 0.620. The Morgan fingerprint density at radius 1 is 1.41 bits per heavy atom. The molecule has 1 fully saturated rings. The van der Waals surface area contributed by atoms with Crippen LogP contribution in [0, 0.1) is 0 Å². The van der Waals surface area contributed by atoms with Crippen molar-refractivity contribution in [3.8, 4) is 0 Å². The van der Waals surface area contributed by atoms with Gasteiger partial charge in [0.25, 0.3) is 0 Å². The molecule has 17 heavy (non-hydrogen) atoms. The molecule has 1 aliphatic rings. The van der Waals surface area contributed by atoms with Gasteiger partial charge in [0.05, 0.1) is 0 Å². The summed E-state index contributed by atoms with van der Waals surface area (Å²) in [6.07, 6.45) is 2.16. The highest BCUT2D eigenvalue weighted by molar-refractivity contribution is 5.88. The Morgan fingerprint density at radius 3 is 2.59 bits per heavy atom. The minimum Gasteiger partial charge on any atom is -0.480 e. The molecule has 1 rings (SSSR count). The van der Waals surface area contributed by atoms with Crippen LogP contribution in [0.25, 0.3) is 0 Å². The Kier molecular flexibility index (Phi) is 4.30. The van der Waals surface area contributed by atoms with Gasteiger partial charge in [0, 0.05) is 6.54 Å². The SMILES string of the molecule is CC(NC(=O)N1CCCCC1C(N)=O)C(=O)O. The molecule has 96 valence electrons. The van der Waals surface area contributed by atoms with Crippen LogP contribution < -0.4 is 11.1 Å². The van der Waals surface area contributed by atoms with Crippen LogP contribution in [0.3, 0.4) is 0 Å². The number of amides is 3. The highest BCUT2D eigenvalue weighted by atomic mass is 16.4. The minimum absolute atomic E-state index is 0.422.